The van der Waals surface area contributed by atoms with Crippen molar-refractivity contribution in [2.45, 2.75) is 32.6 Å². The molecule has 0 aromatic carbocycles. The molecule has 1 rings (SSSR count). The van der Waals surface area contributed by atoms with E-state index in [9.17, 15) is 23.1 Å². The molecular formula is C12H21NO6S. The number of piperidine rings is 1. The molecule has 0 bridgehead atoms. The Kier molecular flexibility index (Phi) is 5.52. The first-order chi connectivity index (χ1) is 9.27. The van der Waals surface area contributed by atoms with E-state index in [1.54, 1.807) is 6.92 Å². The molecule has 0 atom stereocenters. The molecule has 0 unspecified atom stereocenters. The van der Waals surface area contributed by atoms with Crippen LogP contribution in [-0.2, 0) is 24.3 Å². The van der Waals surface area contributed by atoms with Gasteiger partial charge in [-0.15, -0.1) is 0 Å². The zero-order chi connectivity index (χ0) is 15.4. The summed E-state index contributed by atoms with van der Waals surface area (Å²) in [5, 5.41) is 9.26. The van der Waals surface area contributed by atoms with Crippen LogP contribution in [0, 0.1) is 5.41 Å². The number of sulfonamides is 1. The number of carbonyl (C=O) groups excluding carboxylic acids is 1. The molecule has 116 valence electrons. The fourth-order valence-corrected chi connectivity index (χ4v) is 3.78. The summed E-state index contributed by atoms with van der Waals surface area (Å²) in [5.41, 5.74) is -0.825. The van der Waals surface area contributed by atoms with Gasteiger partial charge in [0.1, 0.15) is 0 Å². The first-order valence-corrected chi connectivity index (χ1v) is 8.16. The maximum Gasteiger partial charge on any atom is 0.309 e. The lowest BCUT2D eigenvalue weighted by Gasteiger charge is -2.37. The third-order valence-electron chi connectivity index (χ3n) is 4.00. The van der Waals surface area contributed by atoms with Crippen molar-refractivity contribution in [3.05, 3.63) is 0 Å². The fraction of sp³-hybridized carbons (Fsp3) is 0.833. The number of hydrogen-bond acceptors (Lipinski definition) is 5. The van der Waals surface area contributed by atoms with Crippen molar-refractivity contribution < 1.29 is 27.9 Å². The van der Waals surface area contributed by atoms with E-state index in [0.29, 0.717) is 19.3 Å². The Morgan fingerprint density at radius 2 is 1.85 bits per heavy atom. The van der Waals surface area contributed by atoms with E-state index in [0.717, 1.165) is 0 Å². The molecule has 1 heterocycles. The highest BCUT2D eigenvalue weighted by Crippen LogP contribution is 2.35. The van der Waals surface area contributed by atoms with E-state index < -0.39 is 27.4 Å². The molecule has 0 saturated carbocycles. The van der Waals surface area contributed by atoms with Gasteiger partial charge in [-0.2, -0.15) is 0 Å². The topological polar surface area (TPSA) is 101 Å². The first kappa shape index (κ1) is 16.9. The number of ether oxygens (including phenoxy) is 1. The van der Waals surface area contributed by atoms with Gasteiger partial charge < -0.3 is 9.84 Å². The summed E-state index contributed by atoms with van der Waals surface area (Å²) in [6.07, 6.45) is 0.901. The van der Waals surface area contributed by atoms with Gasteiger partial charge >= 0.3 is 11.9 Å². The average Bonchev–Trinajstić information content (AvgIpc) is 2.44. The Morgan fingerprint density at radius 1 is 1.30 bits per heavy atom. The fourth-order valence-electron chi connectivity index (χ4n) is 2.35. The summed E-state index contributed by atoms with van der Waals surface area (Å²) in [5.74, 6) is -1.74. The number of carboxylic acid groups (broad SMARTS) is 1. The Labute approximate surface area is 118 Å². The number of rotatable bonds is 6. The lowest BCUT2D eigenvalue weighted by atomic mass is 9.77. The highest BCUT2D eigenvalue weighted by atomic mass is 32.2. The van der Waals surface area contributed by atoms with Crippen LogP contribution in [0.15, 0.2) is 0 Å². The summed E-state index contributed by atoms with van der Waals surface area (Å²) in [6, 6.07) is 0. The van der Waals surface area contributed by atoms with E-state index in [4.69, 9.17) is 0 Å². The lowest BCUT2D eigenvalue weighted by Crippen LogP contribution is -2.47. The highest BCUT2D eigenvalue weighted by Gasteiger charge is 2.42. The number of aliphatic carboxylic acids is 1. The van der Waals surface area contributed by atoms with Crippen molar-refractivity contribution in [3.63, 3.8) is 0 Å². The third-order valence-corrected chi connectivity index (χ3v) is 5.87. The van der Waals surface area contributed by atoms with Crippen LogP contribution in [0.3, 0.4) is 0 Å². The Hall–Kier alpha value is -1.15. The van der Waals surface area contributed by atoms with E-state index >= 15 is 0 Å². The van der Waals surface area contributed by atoms with Gasteiger partial charge in [-0.25, -0.2) is 12.7 Å². The van der Waals surface area contributed by atoms with E-state index in [-0.39, 0.29) is 25.3 Å². The molecule has 0 aliphatic carbocycles. The quantitative estimate of drug-likeness (QED) is 0.715. The predicted molar refractivity (Wildman–Crippen MR) is 71.6 cm³/mol. The van der Waals surface area contributed by atoms with Crippen molar-refractivity contribution in [2.75, 3.05) is 26.0 Å². The SMILES string of the molecule is CCC1(C(=O)O)CCN(S(=O)(=O)CCC(=O)OC)CC1. The number of carbonyl (C=O) groups is 2. The zero-order valence-electron chi connectivity index (χ0n) is 11.8. The lowest BCUT2D eigenvalue weighted by molar-refractivity contribution is -0.151. The maximum atomic E-state index is 12.0. The Morgan fingerprint density at radius 3 is 2.25 bits per heavy atom. The van der Waals surface area contributed by atoms with Crippen molar-refractivity contribution in [3.8, 4) is 0 Å². The van der Waals surface area contributed by atoms with Gasteiger partial charge in [-0.3, -0.25) is 9.59 Å². The van der Waals surface area contributed by atoms with Crippen LogP contribution >= 0.6 is 0 Å². The molecule has 0 spiro atoms. The number of esters is 1. The smallest absolute Gasteiger partial charge is 0.309 e. The average molecular weight is 307 g/mol. The molecule has 0 amide bonds. The number of carboxylic acids is 1. The van der Waals surface area contributed by atoms with Gasteiger partial charge in [0.25, 0.3) is 0 Å². The number of nitrogens with zero attached hydrogens (tertiary/aromatic N) is 1. The molecule has 1 aliphatic rings. The Bertz CT molecular complexity index is 464. The molecule has 0 aromatic rings. The molecule has 8 heteroatoms. The van der Waals surface area contributed by atoms with Crippen molar-refractivity contribution in [1.29, 1.82) is 0 Å². The summed E-state index contributed by atoms with van der Waals surface area (Å²) in [7, 11) is -2.33. The van der Waals surface area contributed by atoms with Crippen LogP contribution < -0.4 is 0 Å². The van der Waals surface area contributed by atoms with E-state index in [1.807, 2.05) is 0 Å². The van der Waals surface area contributed by atoms with Crippen LogP contribution in [0.25, 0.3) is 0 Å². The van der Waals surface area contributed by atoms with Gasteiger partial charge in [0.15, 0.2) is 0 Å². The van der Waals surface area contributed by atoms with Crippen molar-refractivity contribution >= 4 is 22.0 Å². The molecule has 7 nitrogen and oxygen atoms in total. The van der Waals surface area contributed by atoms with E-state index in [1.165, 1.54) is 11.4 Å². The third kappa shape index (κ3) is 3.69. The van der Waals surface area contributed by atoms with Gasteiger partial charge in [0.2, 0.25) is 10.0 Å². The largest absolute Gasteiger partial charge is 0.481 e. The minimum Gasteiger partial charge on any atom is -0.481 e. The van der Waals surface area contributed by atoms with Crippen LogP contribution in [0.5, 0.6) is 0 Å². The Balaban J connectivity index is 2.64. The van der Waals surface area contributed by atoms with Gasteiger partial charge in [-0.05, 0) is 19.3 Å². The molecule has 1 N–H and O–H groups in total. The van der Waals surface area contributed by atoms with Gasteiger partial charge in [-0.1, -0.05) is 6.92 Å². The van der Waals surface area contributed by atoms with Crippen LogP contribution in [0.4, 0.5) is 0 Å². The summed E-state index contributed by atoms with van der Waals surface area (Å²) in [4.78, 5) is 22.3. The molecule has 1 saturated heterocycles. The molecular weight excluding hydrogens is 286 g/mol. The summed E-state index contributed by atoms with van der Waals surface area (Å²) in [6.45, 7) is 2.17. The van der Waals surface area contributed by atoms with Crippen LogP contribution in [0.1, 0.15) is 32.6 Å². The monoisotopic (exact) mass is 307 g/mol. The summed E-state index contributed by atoms with van der Waals surface area (Å²) >= 11 is 0. The minimum absolute atomic E-state index is 0.184. The number of methoxy groups -OCH3 is 1. The first-order valence-electron chi connectivity index (χ1n) is 6.55. The second kappa shape index (κ2) is 6.53. The van der Waals surface area contributed by atoms with Crippen molar-refractivity contribution in [2.24, 2.45) is 5.41 Å². The molecule has 20 heavy (non-hydrogen) atoms. The van der Waals surface area contributed by atoms with E-state index in [2.05, 4.69) is 4.74 Å². The second-order valence-electron chi connectivity index (χ2n) is 4.98. The predicted octanol–water partition coefficient (Wildman–Crippen LogP) is 0.456. The normalized spacial score (nSPS) is 19.5. The van der Waals surface area contributed by atoms with Crippen molar-refractivity contribution in [1.82, 2.24) is 4.31 Å². The summed E-state index contributed by atoms with van der Waals surface area (Å²) < 4.78 is 29.8. The molecule has 0 aromatic heterocycles. The van der Waals surface area contributed by atoms with Gasteiger partial charge in [0.05, 0.1) is 24.7 Å². The molecule has 0 radical (unpaired) electrons. The minimum atomic E-state index is -3.53. The zero-order valence-corrected chi connectivity index (χ0v) is 12.6. The standard InChI is InChI=1S/C12H21NO6S/c1-3-12(11(15)16)5-7-13(8-6-12)20(17,18)9-4-10(14)19-2/h3-9H2,1-2H3,(H,15,16). The molecule has 1 aliphatic heterocycles. The second-order valence-corrected chi connectivity index (χ2v) is 7.07. The van der Waals surface area contributed by atoms with Crippen LogP contribution in [0.2, 0.25) is 0 Å². The van der Waals surface area contributed by atoms with Crippen LogP contribution in [-0.4, -0.2) is 55.7 Å². The maximum absolute atomic E-state index is 12.0. The molecule has 1 fully saturated rings. The number of hydrogen-bond donors (Lipinski definition) is 1. The highest BCUT2D eigenvalue weighted by molar-refractivity contribution is 7.89. The van der Waals surface area contributed by atoms with Gasteiger partial charge in [0, 0.05) is 13.1 Å².